The van der Waals surface area contributed by atoms with Crippen LogP contribution in [0.15, 0.2) is 17.3 Å². The summed E-state index contributed by atoms with van der Waals surface area (Å²) < 4.78 is 28.7. The smallest absolute Gasteiger partial charge is 0.187 e. The molecule has 0 spiro atoms. The Kier molecular flexibility index (Phi) is 3.85. The summed E-state index contributed by atoms with van der Waals surface area (Å²) in [4.78, 5) is 7.37. The van der Waals surface area contributed by atoms with Crippen molar-refractivity contribution in [3.8, 4) is 0 Å². The van der Waals surface area contributed by atoms with Crippen LogP contribution in [0.2, 0.25) is 0 Å². The summed E-state index contributed by atoms with van der Waals surface area (Å²) in [6.45, 7) is 0.648. The summed E-state index contributed by atoms with van der Waals surface area (Å²) in [6.07, 6.45) is 6.58. The van der Waals surface area contributed by atoms with Crippen LogP contribution in [0.4, 0.5) is 10.8 Å². The number of nitrogens with two attached hydrogens (primary N) is 1. The highest BCUT2D eigenvalue weighted by Crippen LogP contribution is 2.40. The number of nitrogens with one attached hydrogen (secondary N) is 2. The van der Waals surface area contributed by atoms with Crippen LogP contribution in [0.3, 0.4) is 0 Å². The monoisotopic (exact) mass is 327 g/mol. The number of aromatic nitrogens is 3. The zero-order chi connectivity index (χ0) is 14.9. The summed E-state index contributed by atoms with van der Waals surface area (Å²) in [5.74, 6) is 1.03. The molecule has 0 aromatic carbocycles. The van der Waals surface area contributed by atoms with Crippen molar-refractivity contribution < 1.29 is 8.42 Å². The summed E-state index contributed by atoms with van der Waals surface area (Å²) in [5.41, 5.74) is 5.74. The van der Waals surface area contributed by atoms with Crippen molar-refractivity contribution in [1.82, 2.24) is 14.3 Å². The lowest BCUT2D eigenvalue weighted by molar-refractivity contribution is 0.595. The normalized spacial score (nSPS) is 15.2. The van der Waals surface area contributed by atoms with Crippen molar-refractivity contribution in [2.24, 2.45) is 0 Å². The van der Waals surface area contributed by atoms with Crippen molar-refractivity contribution in [2.45, 2.75) is 35.8 Å². The molecule has 2 heterocycles. The number of sulfone groups is 1. The standard InChI is InChI=1S/C12H17N5O2S2/c13-11-10(21(18,19)8-3-4-8)12(20-17-11)16-5-1-2-9-14-6-7-15-9/h6-8,16H,1-5H2,(H2,13,17)(H,14,15). The summed E-state index contributed by atoms with van der Waals surface area (Å²) in [5, 5.41) is 3.42. The third kappa shape index (κ3) is 3.03. The first-order chi connectivity index (χ1) is 10.1. The summed E-state index contributed by atoms with van der Waals surface area (Å²) >= 11 is 1.11. The highest BCUT2D eigenvalue weighted by atomic mass is 32.2. The van der Waals surface area contributed by atoms with E-state index in [0.717, 1.165) is 43.0 Å². The van der Waals surface area contributed by atoms with Crippen LogP contribution in [0.5, 0.6) is 0 Å². The van der Waals surface area contributed by atoms with E-state index in [1.54, 1.807) is 12.4 Å². The van der Waals surface area contributed by atoms with Crippen molar-refractivity contribution in [1.29, 1.82) is 0 Å². The first-order valence-electron chi connectivity index (χ1n) is 6.80. The maximum atomic E-state index is 12.3. The summed E-state index contributed by atoms with van der Waals surface area (Å²) in [7, 11) is -3.32. The third-order valence-corrected chi connectivity index (χ3v) is 6.63. The molecule has 9 heteroatoms. The Balaban J connectivity index is 1.63. The second kappa shape index (κ2) is 5.64. The molecule has 2 aromatic rings. The molecule has 1 fully saturated rings. The van der Waals surface area contributed by atoms with Gasteiger partial charge in [0.1, 0.15) is 15.7 Å². The SMILES string of the molecule is Nc1nsc(NCCCc2ncc[nH]2)c1S(=O)(=O)C1CC1. The Labute approximate surface area is 127 Å². The van der Waals surface area contributed by atoms with E-state index in [-0.39, 0.29) is 16.0 Å². The van der Waals surface area contributed by atoms with E-state index in [0.29, 0.717) is 11.5 Å². The van der Waals surface area contributed by atoms with Crippen molar-refractivity contribution in [2.75, 3.05) is 17.6 Å². The van der Waals surface area contributed by atoms with Crippen LogP contribution < -0.4 is 11.1 Å². The molecule has 1 aliphatic rings. The molecule has 0 radical (unpaired) electrons. The Morgan fingerprint density at radius 1 is 1.48 bits per heavy atom. The first kappa shape index (κ1) is 14.3. The topological polar surface area (TPSA) is 114 Å². The Morgan fingerprint density at radius 2 is 2.29 bits per heavy atom. The molecular formula is C12H17N5O2S2. The highest BCUT2D eigenvalue weighted by Gasteiger charge is 2.40. The third-order valence-electron chi connectivity index (χ3n) is 3.35. The van der Waals surface area contributed by atoms with Gasteiger partial charge in [-0.15, -0.1) is 0 Å². The van der Waals surface area contributed by atoms with Gasteiger partial charge in [-0.05, 0) is 30.8 Å². The number of aromatic amines is 1. The van der Waals surface area contributed by atoms with Gasteiger partial charge < -0.3 is 16.0 Å². The Bertz CT molecular complexity index is 704. The van der Waals surface area contributed by atoms with Crippen LogP contribution in [0, 0.1) is 0 Å². The minimum Gasteiger partial charge on any atom is -0.382 e. The number of H-pyrrole nitrogens is 1. The minimum atomic E-state index is -3.32. The molecule has 7 nitrogen and oxygen atoms in total. The van der Waals surface area contributed by atoms with Gasteiger partial charge in [0.2, 0.25) is 0 Å². The summed E-state index contributed by atoms with van der Waals surface area (Å²) in [6, 6.07) is 0. The van der Waals surface area contributed by atoms with Crippen LogP contribution in [0.1, 0.15) is 25.1 Å². The van der Waals surface area contributed by atoms with E-state index >= 15 is 0 Å². The molecule has 0 saturated heterocycles. The van der Waals surface area contributed by atoms with E-state index < -0.39 is 9.84 Å². The average molecular weight is 327 g/mol. The van der Waals surface area contributed by atoms with Crippen LogP contribution in [0.25, 0.3) is 0 Å². The van der Waals surface area contributed by atoms with E-state index in [1.807, 2.05) is 0 Å². The molecule has 1 aliphatic carbocycles. The van der Waals surface area contributed by atoms with Gasteiger partial charge in [-0.1, -0.05) is 0 Å². The first-order valence-corrected chi connectivity index (χ1v) is 9.12. The molecule has 0 atom stereocenters. The Hall–Kier alpha value is -1.61. The van der Waals surface area contributed by atoms with Gasteiger partial charge in [-0.3, -0.25) is 0 Å². The molecule has 0 unspecified atom stereocenters. The molecule has 1 saturated carbocycles. The molecule has 3 rings (SSSR count). The van der Waals surface area contributed by atoms with E-state index in [1.165, 1.54) is 0 Å². The Morgan fingerprint density at radius 3 is 2.95 bits per heavy atom. The number of hydrogen-bond donors (Lipinski definition) is 3. The second-order valence-electron chi connectivity index (χ2n) is 5.04. The molecule has 21 heavy (non-hydrogen) atoms. The fraction of sp³-hybridized carbons (Fsp3) is 0.500. The van der Waals surface area contributed by atoms with E-state index in [4.69, 9.17) is 5.73 Å². The molecule has 0 bridgehead atoms. The number of hydrogen-bond acceptors (Lipinski definition) is 7. The molecular weight excluding hydrogens is 310 g/mol. The van der Waals surface area contributed by atoms with Crippen molar-refractivity contribution >= 4 is 32.2 Å². The molecule has 0 aliphatic heterocycles. The zero-order valence-electron chi connectivity index (χ0n) is 11.4. The zero-order valence-corrected chi connectivity index (χ0v) is 13.0. The van der Waals surface area contributed by atoms with Crippen LogP contribution in [-0.4, -0.2) is 34.6 Å². The maximum Gasteiger partial charge on any atom is 0.187 e. The number of nitrogen functional groups attached to an aromatic ring is 1. The largest absolute Gasteiger partial charge is 0.382 e. The molecule has 114 valence electrons. The van der Waals surface area contributed by atoms with Gasteiger partial charge in [0.25, 0.3) is 0 Å². The number of nitrogens with zero attached hydrogens (tertiary/aromatic N) is 2. The fourth-order valence-corrected chi connectivity index (χ4v) is 5.03. The highest BCUT2D eigenvalue weighted by molar-refractivity contribution is 7.92. The van der Waals surface area contributed by atoms with Gasteiger partial charge in [0.15, 0.2) is 15.7 Å². The number of imidazole rings is 1. The number of anilines is 2. The van der Waals surface area contributed by atoms with Gasteiger partial charge in [-0.2, -0.15) is 4.37 Å². The lowest BCUT2D eigenvalue weighted by Crippen LogP contribution is -2.12. The molecule has 2 aromatic heterocycles. The lowest BCUT2D eigenvalue weighted by Gasteiger charge is -2.07. The van der Waals surface area contributed by atoms with Crippen LogP contribution in [-0.2, 0) is 16.3 Å². The maximum absolute atomic E-state index is 12.3. The van der Waals surface area contributed by atoms with Crippen molar-refractivity contribution in [3.63, 3.8) is 0 Å². The van der Waals surface area contributed by atoms with Gasteiger partial charge in [0.05, 0.1) is 5.25 Å². The average Bonchev–Trinajstić information content (AvgIpc) is 3.07. The second-order valence-corrected chi connectivity index (χ2v) is 7.97. The van der Waals surface area contributed by atoms with Crippen molar-refractivity contribution in [3.05, 3.63) is 18.2 Å². The van der Waals surface area contributed by atoms with Gasteiger partial charge in [0, 0.05) is 25.4 Å². The van der Waals surface area contributed by atoms with E-state index in [9.17, 15) is 8.42 Å². The predicted molar refractivity (Wildman–Crippen MR) is 82.1 cm³/mol. The van der Waals surface area contributed by atoms with Gasteiger partial charge >= 0.3 is 0 Å². The fourth-order valence-electron chi connectivity index (χ4n) is 2.12. The molecule has 0 amide bonds. The predicted octanol–water partition coefficient (Wildman–Crippen LogP) is 1.43. The van der Waals surface area contributed by atoms with Crippen LogP contribution >= 0.6 is 11.5 Å². The number of aryl methyl sites for hydroxylation is 1. The van der Waals surface area contributed by atoms with E-state index in [2.05, 4.69) is 19.7 Å². The quantitative estimate of drug-likeness (QED) is 0.663. The molecule has 4 N–H and O–H groups in total. The lowest BCUT2D eigenvalue weighted by atomic mass is 10.3. The van der Waals surface area contributed by atoms with Gasteiger partial charge in [-0.25, -0.2) is 13.4 Å². The minimum absolute atomic E-state index is 0.112. The number of rotatable bonds is 7.